The van der Waals surface area contributed by atoms with Crippen molar-refractivity contribution in [1.82, 2.24) is 5.48 Å². The second-order valence-electron chi connectivity index (χ2n) is 7.61. The number of hydrogen-bond acceptors (Lipinski definition) is 6. The van der Waals surface area contributed by atoms with Crippen LogP contribution in [-0.2, 0) is 23.9 Å². The highest BCUT2D eigenvalue weighted by Crippen LogP contribution is 2.44. The molecule has 0 unspecified atom stereocenters. The van der Waals surface area contributed by atoms with Gasteiger partial charge in [-0.15, -0.1) is 0 Å². The normalized spacial score (nSPS) is 18.9. The molecule has 7 heteroatoms. The van der Waals surface area contributed by atoms with Crippen LogP contribution in [0, 0.1) is 0 Å². The Balaban J connectivity index is 1.29. The number of nitrogens with one attached hydrogen (secondary N) is 1. The van der Waals surface area contributed by atoms with Gasteiger partial charge in [0.1, 0.15) is 12.6 Å². The molecule has 2 aromatic rings. The van der Waals surface area contributed by atoms with Gasteiger partial charge in [0.05, 0.1) is 6.42 Å². The van der Waals surface area contributed by atoms with E-state index in [1.807, 2.05) is 36.4 Å². The van der Waals surface area contributed by atoms with E-state index >= 15 is 0 Å². The number of carbonyl (C=O) groups is 2. The summed E-state index contributed by atoms with van der Waals surface area (Å²) >= 11 is 0. The molecular formula is C23H26N2O5. The number of rotatable bonds is 7. The number of carbonyl (C=O) groups excluding carboxylic acids is 2. The lowest BCUT2D eigenvalue weighted by molar-refractivity contribution is -0.200. The molecule has 0 radical (unpaired) electrons. The van der Waals surface area contributed by atoms with Crippen molar-refractivity contribution in [3.05, 3.63) is 59.7 Å². The number of hydrogen-bond donors (Lipinski definition) is 2. The molecule has 1 aliphatic carbocycles. The number of fused-ring (bicyclic) bond motifs is 3. The molecule has 3 N–H and O–H groups in total. The molecule has 30 heavy (non-hydrogen) atoms. The lowest BCUT2D eigenvalue weighted by Gasteiger charge is -2.22. The molecule has 158 valence electrons. The Morgan fingerprint density at radius 2 is 1.73 bits per heavy atom. The molecule has 1 aliphatic heterocycles. The van der Waals surface area contributed by atoms with Crippen LogP contribution in [0.15, 0.2) is 48.5 Å². The fourth-order valence-electron chi connectivity index (χ4n) is 3.97. The zero-order chi connectivity index (χ0) is 20.9. The van der Waals surface area contributed by atoms with Crippen molar-refractivity contribution >= 4 is 11.9 Å². The molecule has 0 spiro atoms. The van der Waals surface area contributed by atoms with E-state index in [9.17, 15) is 9.59 Å². The highest BCUT2D eigenvalue weighted by atomic mass is 16.8. The van der Waals surface area contributed by atoms with Crippen molar-refractivity contribution in [3.63, 3.8) is 0 Å². The summed E-state index contributed by atoms with van der Waals surface area (Å²) in [7, 11) is 0. The van der Waals surface area contributed by atoms with E-state index in [1.54, 1.807) is 0 Å². The Morgan fingerprint density at radius 1 is 1.07 bits per heavy atom. The first kappa shape index (κ1) is 20.5. The van der Waals surface area contributed by atoms with Crippen molar-refractivity contribution in [3.8, 4) is 11.1 Å². The average molecular weight is 410 g/mol. The van der Waals surface area contributed by atoms with Crippen molar-refractivity contribution in [2.45, 2.75) is 43.9 Å². The van der Waals surface area contributed by atoms with Crippen LogP contribution in [-0.4, -0.2) is 37.4 Å². The fraction of sp³-hybridized carbons (Fsp3) is 0.391. The van der Waals surface area contributed by atoms with Crippen LogP contribution in [0.4, 0.5) is 0 Å². The molecule has 7 nitrogen and oxygen atoms in total. The minimum absolute atomic E-state index is 0.0471. The van der Waals surface area contributed by atoms with E-state index < -0.39 is 24.2 Å². The highest BCUT2D eigenvalue weighted by Gasteiger charge is 2.30. The van der Waals surface area contributed by atoms with Crippen molar-refractivity contribution in [2.75, 3.05) is 13.2 Å². The first-order valence-corrected chi connectivity index (χ1v) is 10.3. The number of hydroxylamine groups is 1. The second kappa shape index (κ2) is 9.38. The van der Waals surface area contributed by atoms with Crippen molar-refractivity contribution < 1.29 is 23.9 Å². The molecule has 0 bridgehead atoms. The first-order valence-electron chi connectivity index (χ1n) is 10.3. The van der Waals surface area contributed by atoms with Gasteiger partial charge in [-0.1, -0.05) is 48.5 Å². The minimum Gasteiger partial charge on any atom is -0.464 e. The Morgan fingerprint density at radius 3 is 2.37 bits per heavy atom. The molecule has 1 amide bonds. The van der Waals surface area contributed by atoms with Crippen LogP contribution in [0.3, 0.4) is 0 Å². The molecule has 1 fully saturated rings. The molecule has 1 heterocycles. The maximum Gasteiger partial charge on any atom is 0.323 e. The van der Waals surface area contributed by atoms with Crippen LogP contribution in [0.25, 0.3) is 11.1 Å². The zero-order valence-electron chi connectivity index (χ0n) is 16.7. The van der Waals surface area contributed by atoms with Gasteiger partial charge in [-0.2, -0.15) is 0 Å². The van der Waals surface area contributed by atoms with E-state index in [4.69, 9.17) is 20.0 Å². The largest absolute Gasteiger partial charge is 0.464 e. The summed E-state index contributed by atoms with van der Waals surface area (Å²) in [6, 6.07) is 15.1. The predicted octanol–water partition coefficient (Wildman–Crippen LogP) is 2.63. The molecule has 2 aliphatic rings. The lowest BCUT2D eigenvalue weighted by atomic mass is 9.98. The van der Waals surface area contributed by atoms with Crippen molar-refractivity contribution in [1.29, 1.82) is 0 Å². The van der Waals surface area contributed by atoms with Gasteiger partial charge < -0.3 is 15.2 Å². The first-order chi connectivity index (χ1) is 14.6. The lowest BCUT2D eigenvalue weighted by Crippen LogP contribution is -2.40. The number of amides is 1. The maximum absolute atomic E-state index is 12.4. The van der Waals surface area contributed by atoms with Crippen LogP contribution in [0.5, 0.6) is 0 Å². The average Bonchev–Trinajstić information content (AvgIpc) is 3.10. The molecule has 1 saturated heterocycles. The van der Waals surface area contributed by atoms with Gasteiger partial charge in [0.2, 0.25) is 5.91 Å². The monoisotopic (exact) mass is 410 g/mol. The van der Waals surface area contributed by atoms with E-state index in [0.717, 1.165) is 41.5 Å². The van der Waals surface area contributed by atoms with E-state index in [0.29, 0.717) is 6.61 Å². The third-order valence-corrected chi connectivity index (χ3v) is 5.51. The third-order valence-electron chi connectivity index (χ3n) is 5.51. The van der Waals surface area contributed by atoms with Crippen LogP contribution >= 0.6 is 0 Å². The summed E-state index contributed by atoms with van der Waals surface area (Å²) in [5, 5.41) is 0. The zero-order valence-corrected chi connectivity index (χ0v) is 16.7. The summed E-state index contributed by atoms with van der Waals surface area (Å²) in [5.74, 6) is -1.14. The smallest absolute Gasteiger partial charge is 0.323 e. The topological polar surface area (TPSA) is 99.9 Å². The van der Waals surface area contributed by atoms with E-state index in [1.165, 1.54) is 0 Å². The molecule has 0 saturated carbocycles. The van der Waals surface area contributed by atoms with Gasteiger partial charge in [0.25, 0.3) is 0 Å². The molecule has 2 aromatic carbocycles. The van der Waals surface area contributed by atoms with Gasteiger partial charge >= 0.3 is 5.97 Å². The Labute approximate surface area is 175 Å². The van der Waals surface area contributed by atoms with Crippen LogP contribution in [0.1, 0.15) is 42.7 Å². The summed E-state index contributed by atoms with van der Waals surface area (Å²) < 4.78 is 10.9. The predicted molar refractivity (Wildman–Crippen MR) is 110 cm³/mol. The van der Waals surface area contributed by atoms with Gasteiger partial charge in [0, 0.05) is 18.9 Å². The number of benzene rings is 2. The highest BCUT2D eigenvalue weighted by molar-refractivity contribution is 5.85. The van der Waals surface area contributed by atoms with Gasteiger partial charge in [-0.25, -0.2) is 10.3 Å². The van der Waals surface area contributed by atoms with Gasteiger partial charge in [0.15, 0.2) is 6.29 Å². The maximum atomic E-state index is 12.4. The summed E-state index contributed by atoms with van der Waals surface area (Å²) in [6.07, 6.45) is 2.02. The molecule has 0 aromatic heterocycles. The van der Waals surface area contributed by atoms with E-state index in [2.05, 4.69) is 17.6 Å². The Hall–Kier alpha value is -2.74. The number of esters is 1. The Bertz CT molecular complexity index is 864. The Kier molecular flexibility index (Phi) is 6.42. The minimum atomic E-state index is -1.06. The van der Waals surface area contributed by atoms with Gasteiger partial charge in [-0.3, -0.25) is 9.59 Å². The quantitative estimate of drug-likeness (QED) is 0.538. The molecular weight excluding hydrogens is 384 g/mol. The number of ether oxygens (including phenoxy) is 2. The van der Waals surface area contributed by atoms with Crippen LogP contribution < -0.4 is 11.2 Å². The summed E-state index contributed by atoms with van der Waals surface area (Å²) in [4.78, 5) is 29.6. The summed E-state index contributed by atoms with van der Waals surface area (Å²) in [5.41, 5.74) is 12.7. The standard InChI is InChI=1S/C23H26N2O5/c24-20(13-21(26)25-30-22-11-5-6-12-28-22)23(27)29-14-19-17-9-3-1-7-15(17)16-8-2-4-10-18(16)19/h1-4,7-10,19-20,22H,5-6,11-14,24H2,(H,25,26)/t20-,22+/m0/s1. The second-order valence-corrected chi connectivity index (χ2v) is 7.61. The van der Waals surface area contributed by atoms with Gasteiger partial charge in [-0.05, 0) is 35.1 Å². The van der Waals surface area contributed by atoms with Crippen molar-refractivity contribution in [2.24, 2.45) is 5.73 Å². The van der Waals surface area contributed by atoms with E-state index in [-0.39, 0.29) is 18.9 Å². The van der Waals surface area contributed by atoms with Crippen LogP contribution in [0.2, 0.25) is 0 Å². The summed E-state index contributed by atoms with van der Waals surface area (Å²) in [6.45, 7) is 0.786. The SMILES string of the molecule is N[C@@H](CC(=O)NO[C@@H]1CCCCO1)C(=O)OCC1c2ccccc2-c2ccccc21. The number of nitrogens with two attached hydrogens (primary N) is 1. The molecule has 2 atom stereocenters. The molecule has 4 rings (SSSR count). The fourth-order valence-corrected chi connectivity index (χ4v) is 3.97. The third kappa shape index (κ3) is 4.53.